The summed E-state index contributed by atoms with van der Waals surface area (Å²) in [7, 11) is 0. The molecule has 0 radical (unpaired) electrons. The fraction of sp³-hybridized carbons (Fsp3) is 0.200. The molecule has 0 aliphatic carbocycles. The molecule has 0 saturated heterocycles. The molecular weight excluding hydrogens is 472 g/mol. The molecule has 0 bridgehead atoms. The highest BCUT2D eigenvalue weighted by Crippen LogP contribution is 2.33. The zero-order valence-corrected chi connectivity index (χ0v) is 17.6. The van der Waals surface area contributed by atoms with Crippen LogP contribution in [-0.2, 0) is 6.42 Å². The molecule has 5 nitrogen and oxygen atoms in total. The van der Waals surface area contributed by atoms with Crippen molar-refractivity contribution in [2.24, 2.45) is 0 Å². The number of benzene rings is 2. The van der Waals surface area contributed by atoms with Gasteiger partial charge in [0.2, 0.25) is 5.95 Å². The van der Waals surface area contributed by atoms with Gasteiger partial charge in [-0.05, 0) is 47.9 Å². The summed E-state index contributed by atoms with van der Waals surface area (Å²) in [5, 5.41) is 17.2. The molecule has 2 heterocycles. The number of nitrogens with zero attached hydrogens (tertiary/aromatic N) is 3. The van der Waals surface area contributed by atoms with E-state index in [-0.39, 0.29) is 12.6 Å². The first kappa shape index (κ1) is 18.4. The molecule has 2 N–H and O–H groups in total. The Morgan fingerprint density at radius 1 is 1.07 bits per heavy atom. The number of anilines is 1. The molecule has 4 rings (SSSR count). The van der Waals surface area contributed by atoms with Crippen molar-refractivity contribution in [1.82, 2.24) is 14.8 Å². The van der Waals surface area contributed by atoms with Crippen molar-refractivity contribution in [2.75, 3.05) is 11.9 Å². The minimum Gasteiger partial charge on any atom is -0.396 e. The molecule has 0 unspecified atom stereocenters. The van der Waals surface area contributed by atoms with Gasteiger partial charge in [0.1, 0.15) is 6.04 Å². The van der Waals surface area contributed by atoms with Crippen LogP contribution in [0.3, 0.4) is 0 Å². The van der Waals surface area contributed by atoms with Gasteiger partial charge in [-0.25, -0.2) is 4.68 Å². The van der Waals surface area contributed by atoms with Crippen LogP contribution >= 0.6 is 31.9 Å². The number of aromatic nitrogens is 3. The lowest BCUT2D eigenvalue weighted by Gasteiger charge is -2.24. The van der Waals surface area contributed by atoms with Crippen molar-refractivity contribution in [2.45, 2.75) is 18.9 Å². The molecular formula is C20H18Br2N4O. The molecule has 0 fully saturated rings. The Hall–Kier alpha value is -1.96. The second-order valence-electron chi connectivity index (χ2n) is 6.34. The van der Waals surface area contributed by atoms with E-state index in [1.165, 1.54) is 0 Å². The Morgan fingerprint density at radius 3 is 2.63 bits per heavy atom. The first-order valence-electron chi connectivity index (χ1n) is 8.70. The lowest BCUT2D eigenvalue weighted by molar-refractivity contribution is 0.287. The minimum absolute atomic E-state index is 0.0622. The SMILES string of the molecule is OCCCc1nc2n(n1)[C@@H](c1cccc(Br)c1)C=C(c1ccc(Br)cc1)N2. The van der Waals surface area contributed by atoms with Crippen molar-refractivity contribution in [1.29, 1.82) is 0 Å². The lowest BCUT2D eigenvalue weighted by atomic mass is 10.0. The minimum atomic E-state index is -0.0622. The Kier molecular flexibility index (Phi) is 5.43. The number of nitrogens with one attached hydrogen (secondary N) is 1. The summed E-state index contributed by atoms with van der Waals surface area (Å²) in [6.45, 7) is 0.134. The van der Waals surface area contributed by atoms with Crippen LogP contribution < -0.4 is 5.32 Å². The lowest BCUT2D eigenvalue weighted by Crippen LogP contribution is -2.20. The first-order chi connectivity index (χ1) is 13.1. The van der Waals surface area contributed by atoms with Crippen molar-refractivity contribution in [3.8, 4) is 0 Å². The van der Waals surface area contributed by atoms with Gasteiger partial charge in [0.25, 0.3) is 0 Å². The van der Waals surface area contributed by atoms with Gasteiger partial charge in [-0.3, -0.25) is 0 Å². The molecule has 1 aromatic heterocycles. The van der Waals surface area contributed by atoms with Gasteiger partial charge in [-0.2, -0.15) is 10.1 Å². The predicted octanol–water partition coefficient (Wildman–Crippen LogP) is 4.78. The smallest absolute Gasteiger partial charge is 0.226 e. The molecule has 7 heteroatoms. The number of hydrogen-bond donors (Lipinski definition) is 2. The number of hydrogen-bond acceptors (Lipinski definition) is 4. The number of fused-ring (bicyclic) bond motifs is 1. The number of rotatable bonds is 5. The van der Waals surface area contributed by atoms with Gasteiger partial charge in [-0.15, -0.1) is 0 Å². The number of aliphatic hydroxyl groups is 1. The largest absolute Gasteiger partial charge is 0.396 e. The zero-order chi connectivity index (χ0) is 18.8. The molecule has 138 valence electrons. The summed E-state index contributed by atoms with van der Waals surface area (Å²) < 4.78 is 3.98. The maximum absolute atomic E-state index is 9.11. The van der Waals surface area contributed by atoms with Crippen LogP contribution in [0.4, 0.5) is 5.95 Å². The van der Waals surface area contributed by atoms with Crippen molar-refractivity contribution < 1.29 is 5.11 Å². The molecule has 0 saturated carbocycles. The van der Waals surface area contributed by atoms with Gasteiger partial charge in [0, 0.05) is 27.7 Å². The number of aliphatic hydroxyl groups excluding tert-OH is 1. The van der Waals surface area contributed by atoms with E-state index in [2.05, 4.69) is 77.6 Å². The van der Waals surface area contributed by atoms with Crippen molar-refractivity contribution in [3.05, 3.63) is 80.5 Å². The fourth-order valence-electron chi connectivity index (χ4n) is 3.11. The maximum Gasteiger partial charge on any atom is 0.226 e. The summed E-state index contributed by atoms with van der Waals surface area (Å²) in [6.07, 6.45) is 3.47. The van der Waals surface area contributed by atoms with Gasteiger partial charge >= 0.3 is 0 Å². The van der Waals surface area contributed by atoms with Crippen LogP contribution in [0, 0.1) is 0 Å². The Balaban J connectivity index is 1.77. The molecule has 1 aliphatic rings. The number of allylic oxidation sites excluding steroid dienone is 1. The van der Waals surface area contributed by atoms with Gasteiger partial charge in [0.05, 0.1) is 0 Å². The summed E-state index contributed by atoms with van der Waals surface area (Å²) in [4.78, 5) is 4.65. The second kappa shape index (κ2) is 7.96. The molecule has 27 heavy (non-hydrogen) atoms. The first-order valence-corrected chi connectivity index (χ1v) is 10.3. The van der Waals surface area contributed by atoms with Crippen molar-refractivity contribution >= 4 is 43.5 Å². The average Bonchev–Trinajstić information content (AvgIpc) is 3.09. The second-order valence-corrected chi connectivity index (χ2v) is 8.17. The highest BCUT2D eigenvalue weighted by molar-refractivity contribution is 9.10. The summed E-state index contributed by atoms with van der Waals surface area (Å²) in [6, 6.07) is 16.4. The Bertz CT molecular complexity index is 982. The maximum atomic E-state index is 9.11. The third-order valence-corrected chi connectivity index (χ3v) is 5.44. The normalized spacial score (nSPS) is 15.8. The summed E-state index contributed by atoms with van der Waals surface area (Å²) in [5.74, 6) is 1.45. The van der Waals surface area contributed by atoms with E-state index in [9.17, 15) is 0 Å². The Labute approximate surface area is 174 Å². The van der Waals surface area contributed by atoms with Crippen LogP contribution in [0.15, 0.2) is 63.6 Å². The standard InChI is InChI=1S/C20H18Br2N4O/c21-15-8-6-13(7-9-15)17-12-18(14-3-1-4-16(22)11-14)26-20(23-17)24-19(25-26)5-2-10-27/h1,3-4,6-9,11-12,18,27H,2,5,10H2,(H,23,24,25)/t18-/m1/s1. The van der Waals surface area contributed by atoms with E-state index < -0.39 is 0 Å². The molecule has 3 aromatic rings. The van der Waals surface area contributed by atoms with Crippen LogP contribution in [0.2, 0.25) is 0 Å². The predicted molar refractivity (Wildman–Crippen MR) is 113 cm³/mol. The number of aryl methyl sites for hydroxylation is 1. The molecule has 0 amide bonds. The number of halogens is 2. The average molecular weight is 490 g/mol. The van der Waals surface area contributed by atoms with Crippen LogP contribution in [0.25, 0.3) is 5.70 Å². The molecule has 2 aromatic carbocycles. The van der Waals surface area contributed by atoms with Gasteiger partial charge in [-0.1, -0.05) is 56.1 Å². The van der Waals surface area contributed by atoms with Gasteiger partial charge in [0.15, 0.2) is 5.82 Å². The monoisotopic (exact) mass is 488 g/mol. The Morgan fingerprint density at radius 2 is 1.89 bits per heavy atom. The topological polar surface area (TPSA) is 63.0 Å². The van der Waals surface area contributed by atoms with E-state index >= 15 is 0 Å². The highest BCUT2D eigenvalue weighted by atomic mass is 79.9. The van der Waals surface area contributed by atoms with Crippen LogP contribution in [-0.4, -0.2) is 26.5 Å². The highest BCUT2D eigenvalue weighted by Gasteiger charge is 2.25. The quantitative estimate of drug-likeness (QED) is 0.541. The van der Waals surface area contributed by atoms with E-state index in [1.807, 2.05) is 28.9 Å². The van der Waals surface area contributed by atoms with E-state index in [0.717, 1.165) is 31.6 Å². The molecule has 1 atom stereocenters. The summed E-state index contributed by atoms with van der Waals surface area (Å²) >= 11 is 7.05. The van der Waals surface area contributed by atoms with E-state index in [1.54, 1.807) is 0 Å². The van der Waals surface area contributed by atoms with E-state index in [4.69, 9.17) is 5.11 Å². The summed E-state index contributed by atoms with van der Waals surface area (Å²) in [5.41, 5.74) is 3.21. The van der Waals surface area contributed by atoms with E-state index in [0.29, 0.717) is 18.8 Å². The third kappa shape index (κ3) is 4.00. The van der Waals surface area contributed by atoms with Crippen LogP contribution in [0.5, 0.6) is 0 Å². The zero-order valence-electron chi connectivity index (χ0n) is 14.4. The molecule has 1 aliphatic heterocycles. The van der Waals surface area contributed by atoms with Crippen molar-refractivity contribution in [3.63, 3.8) is 0 Å². The molecule has 0 spiro atoms. The third-order valence-electron chi connectivity index (χ3n) is 4.41. The van der Waals surface area contributed by atoms with Gasteiger partial charge < -0.3 is 10.4 Å². The van der Waals surface area contributed by atoms with Crippen LogP contribution in [0.1, 0.15) is 29.4 Å². The fourth-order valence-corrected chi connectivity index (χ4v) is 3.79.